The van der Waals surface area contributed by atoms with Crippen LogP contribution in [-0.4, -0.2) is 37.6 Å². The molecule has 0 bridgehead atoms. The van der Waals surface area contributed by atoms with Crippen LogP contribution >= 0.6 is 49.0 Å². The fraction of sp³-hybridized carbons (Fsp3) is 0. The molecule has 4 aromatic carbocycles. The highest BCUT2D eigenvalue weighted by Crippen LogP contribution is 2.37. The van der Waals surface area contributed by atoms with E-state index in [0.717, 1.165) is 12.1 Å². The van der Waals surface area contributed by atoms with Crippen molar-refractivity contribution in [3.63, 3.8) is 0 Å². The van der Waals surface area contributed by atoms with Gasteiger partial charge in [-0.25, -0.2) is 8.78 Å². The summed E-state index contributed by atoms with van der Waals surface area (Å²) in [6.07, 6.45) is 0. The third-order valence-corrected chi connectivity index (χ3v) is 5.55. The molecule has 1 unspecified atom stereocenters. The Morgan fingerprint density at radius 1 is 0.649 bits per heavy atom. The normalized spacial score (nSPS) is 9.70. The Morgan fingerprint density at radius 2 is 1.16 bits per heavy atom. The van der Waals surface area contributed by atoms with Gasteiger partial charge in [0.05, 0.1) is 4.47 Å². The van der Waals surface area contributed by atoms with Gasteiger partial charge in [0.15, 0.2) is 23.0 Å². The zero-order chi connectivity index (χ0) is 27.0. The van der Waals surface area contributed by atoms with Gasteiger partial charge in [-0.2, -0.15) is 9.90 Å². The summed E-state index contributed by atoms with van der Waals surface area (Å²) in [5.74, 6) is -2.11. The van der Waals surface area contributed by atoms with E-state index in [9.17, 15) is 19.0 Å². The molecule has 0 spiro atoms. The highest BCUT2D eigenvalue weighted by atomic mass is 79.9. The molecule has 0 aliphatic carbocycles. The van der Waals surface area contributed by atoms with Gasteiger partial charge in [0.25, 0.3) is 0 Å². The largest absolute Gasteiger partial charge is 0.504 e. The second-order valence-corrected chi connectivity index (χ2v) is 8.67. The summed E-state index contributed by atoms with van der Waals surface area (Å²) in [6, 6.07) is 16.8. The van der Waals surface area contributed by atoms with Crippen LogP contribution in [-0.2, 0) is 0 Å². The Kier molecular flexibility index (Phi) is 13.1. The molecule has 196 valence electrons. The molecule has 0 saturated carbocycles. The van der Waals surface area contributed by atoms with Crippen LogP contribution in [0.4, 0.5) is 8.78 Å². The van der Waals surface area contributed by atoms with E-state index in [1.165, 1.54) is 48.5 Å². The standard InChI is InChI=1S/C12H8ClFO2.C6H5BClFO2.C6H5BrO2.H3P/c13-7-4-5-8(10(14)6-7)9-2-1-3-11(15)12(9)16;8-4-1-2-5(7(10)11)6(9)3-4;7-4-2-1-3-5(8)6(4)9;/h1-6,15-16H;1-3,10-11H;1-3,8-9H;1H3. The van der Waals surface area contributed by atoms with Crippen LogP contribution in [0.15, 0.2) is 77.3 Å². The number of para-hydroxylation sites is 2. The second kappa shape index (κ2) is 15.0. The summed E-state index contributed by atoms with van der Waals surface area (Å²) in [4.78, 5) is 0. The Labute approximate surface area is 233 Å². The van der Waals surface area contributed by atoms with Gasteiger partial charge in [-0.1, -0.05) is 47.5 Å². The van der Waals surface area contributed by atoms with Crippen LogP contribution in [0.1, 0.15) is 0 Å². The SMILES string of the molecule is OB(O)c1ccc(Cl)cc1F.Oc1cccc(-c2ccc(Cl)cc2F)c1O.Oc1cccc(Br)c1O.P. The molecule has 37 heavy (non-hydrogen) atoms. The molecular formula is C24H21BBrCl2F2O6P. The van der Waals surface area contributed by atoms with E-state index < -0.39 is 18.8 Å². The van der Waals surface area contributed by atoms with E-state index in [4.69, 9.17) is 43.5 Å². The minimum Gasteiger partial charge on any atom is -0.504 e. The molecule has 0 amide bonds. The maximum Gasteiger partial charge on any atom is 0.491 e. The van der Waals surface area contributed by atoms with Gasteiger partial charge < -0.3 is 30.5 Å². The van der Waals surface area contributed by atoms with Crippen molar-refractivity contribution in [1.29, 1.82) is 0 Å². The number of hydrogen-bond donors (Lipinski definition) is 6. The lowest BCUT2D eigenvalue weighted by molar-refractivity contribution is 0.401. The monoisotopic (exact) mass is 634 g/mol. The minimum absolute atomic E-state index is 0. The van der Waals surface area contributed by atoms with Gasteiger partial charge in [-0.3, -0.25) is 0 Å². The molecule has 6 nitrogen and oxygen atoms in total. The molecule has 1 atom stereocenters. The zero-order valence-electron chi connectivity index (χ0n) is 18.8. The van der Waals surface area contributed by atoms with Gasteiger partial charge >= 0.3 is 7.12 Å². The molecule has 4 aromatic rings. The summed E-state index contributed by atoms with van der Waals surface area (Å²) in [5.41, 5.74) is 0.251. The molecule has 0 aliphatic heterocycles. The van der Waals surface area contributed by atoms with E-state index in [-0.39, 0.29) is 59.5 Å². The second-order valence-electron chi connectivity index (χ2n) is 6.94. The van der Waals surface area contributed by atoms with Gasteiger partial charge in [0.1, 0.15) is 11.6 Å². The van der Waals surface area contributed by atoms with E-state index in [1.807, 2.05) is 0 Å². The number of hydrogen-bond acceptors (Lipinski definition) is 6. The quantitative estimate of drug-likeness (QED) is 0.0964. The third-order valence-electron chi connectivity index (χ3n) is 4.44. The highest BCUT2D eigenvalue weighted by Gasteiger charge is 2.15. The lowest BCUT2D eigenvalue weighted by Gasteiger charge is -2.07. The van der Waals surface area contributed by atoms with Crippen molar-refractivity contribution in [3.05, 3.63) is 98.9 Å². The summed E-state index contributed by atoms with van der Waals surface area (Å²) in [5, 5.41) is 54.3. The highest BCUT2D eigenvalue weighted by molar-refractivity contribution is 9.10. The van der Waals surface area contributed by atoms with Crippen molar-refractivity contribution in [2.75, 3.05) is 0 Å². The van der Waals surface area contributed by atoms with Crippen LogP contribution in [0.5, 0.6) is 23.0 Å². The molecule has 13 heteroatoms. The first-order valence-electron chi connectivity index (χ1n) is 9.86. The van der Waals surface area contributed by atoms with Gasteiger partial charge in [0.2, 0.25) is 0 Å². The van der Waals surface area contributed by atoms with Gasteiger partial charge in [-0.15, -0.1) is 0 Å². The summed E-state index contributed by atoms with van der Waals surface area (Å²) in [7, 11) is -1.78. The number of halogens is 5. The van der Waals surface area contributed by atoms with Gasteiger partial charge in [-0.05, 0) is 64.5 Å². The van der Waals surface area contributed by atoms with Crippen LogP contribution in [0, 0.1) is 11.6 Å². The predicted octanol–water partition coefficient (Wildman–Crippen LogP) is 5.63. The summed E-state index contributed by atoms with van der Waals surface area (Å²) in [6.45, 7) is 0. The maximum absolute atomic E-state index is 13.6. The van der Waals surface area contributed by atoms with Crippen LogP contribution in [0.25, 0.3) is 11.1 Å². The molecule has 0 heterocycles. The average molecular weight is 636 g/mol. The molecule has 0 fully saturated rings. The van der Waals surface area contributed by atoms with Crippen molar-refractivity contribution >= 4 is 61.6 Å². The van der Waals surface area contributed by atoms with Crippen LogP contribution in [0.2, 0.25) is 10.0 Å². The molecule has 0 aromatic heterocycles. The molecule has 0 radical (unpaired) electrons. The Hall–Kier alpha value is -2.59. The topological polar surface area (TPSA) is 121 Å². The number of aromatic hydroxyl groups is 4. The number of rotatable bonds is 2. The summed E-state index contributed by atoms with van der Waals surface area (Å²) >= 11 is 14.1. The molecule has 6 N–H and O–H groups in total. The maximum atomic E-state index is 13.6. The number of phenols is 4. The zero-order valence-corrected chi connectivity index (χ0v) is 23.3. The van der Waals surface area contributed by atoms with E-state index >= 15 is 0 Å². The molecule has 0 saturated heterocycles. The van der Waals surface area contributed by atoms with Crippen molar-refractivity contribution in [3.8, 4) is 34.1 Å². The number of benzene rings is 4. The first kappa shape index (κ1) is 32.4. The Balaban J connectivity index is 0.000000287. The van der Waals surface area contributed by atoms with E-state index in [2.05, 4.69) is 15.9 Å². The number of phenolic OH excluding ortho intramolecular Hbond substituents is 4. The average Bonchev–Trinajstić information content (AvgIpc) is 2.80. The Bertz CT molecular complexity index is 1330. The van der Waals surface area contributed by atoms with Crippen LogP contribution < -0.4 is 5.46 Å². The summed E-state index contributed by atoms with van der Waals surface area (Å²) < 4.78 is 26.8. The molecule has 0 aliphatic rings. The van der Waals surface area contributed by atoms with E-state index in [0.29, 0.717) is 4.47 Å². The van der Waals surface area contributed by atoms with Gasteiger partial charge in [0, 0.05) is 26.6 Å². The predicted molar refractivity (Wildman–Crippen MR) is 150 cm³/mol. The fourth-order valence-corrected chi connectivity index (χ4v) is 3.34. The first-order chi connectivity index (χ1) is 16.9. The Morgan fingerprint density at radius 3 is 1.65 bits per heavy atom. The minimum atomic E-state index is -1.78. The molecule has 4 rings (SSSR count). The van der Waals surface area contributed by atoms with Crippen LogP contribution in [0.3, 0.4) is 0 Å². The first-order valence-corrected chi connectivity index (χ1v) is 11.4. The molecular weight excluding hydrogens is 615 g/mol. The fourth-order valence-electron chi connectivity index (χ4n) is 2.67. The lowest BCUT2D eigenvalue weighted by Crippen LogP contribution is -2.32. The van der Waals surface area contributed by atoms with Crippen molar-refractivity contribution in [1.82, 2.24) is 0 Å². The third kappa shape index (κ3) is 9.34. The van der Waals surface area contributed by atoms with Crippen molar-refractivity contribution in [2.24, 2.45) is 0 Å². The van der Waals surface area contributed by atoms with E-state index in [1.54, 1.807) is 12.1 Å². The smallest absolute Gasteiger partial charge is 0.491 e. The lowest BCUT2D eigenvalue weighted by atomic mass is 9.80. The van der Waals surface area contributed by atoms with Crippen molar-refractivity contribution in [2.45, 2.75) is 0 Å². The van der Waals surface area contributed by atoms with Crippen molar-refractivity contribution < 1.29 is 39.3 Å².